The van der Waals surface area contributed by atoms with Crippen LogP contribution < -0.4 is 0 Å². The predicted molar refractivity (Wildman–Crippen MR) is 50.4 cm³/mol. The maximum absolute atomic E-state index is 10.9. The maximum Gasteiger partial charge on any atom is 0.305 e. The topological polar surface area (TPSA) is 42.1 Å². The van der Waals surface area contributed by atoms with Gasteiger partial charge in [0, 0.05) is 18.3 Å². The Morgan fingerprint density at radius 3 is 3.08 bits per heavy atom. The summed E-state index contributed by atoms with van der Waals surface area (Å²) < 4.78 is 4.81. The Morgan fingerprint density at radius 1 is 1.62 bits per heavy atom. The summed E-state index contributed by atoms with van der Waals surface area (Å²) in [6.45, 7) is 2.30. The molecule has 0 saturated heterocycles. The first-order valence-corrected chi connectivity index (χ1v) is 4.61. The number of hydrogen-bond donors (Lipinski definition) is 1. The highest BCUT2D eigenvalue weighted by atomic mass is 16.5. The second kappa shape index (κ2) is 5.41. The van der Waals surface area contributed by atoms with Gasteiger partial charge < -0.3 is 9.72 Å². The van der Waals surface area contributed by atoms with E-state index in [1.54, 1.807) is 0 Å². The Balaban J connectivity index is 2.11. The summed E-state index contributed by atoms with van der Waals surface area (Å²) >= 11 is 0. The summed E-state index contributed by atoms with van der Waals surface area (Å²) in [5.41, 5.74) is 1.17. The minimum absolute atomic E-state index is 0.103. The van der Waals surface area contributed by atoms with Crippen molar-refractivity contribution >= 4 is 5.97 Å². The minimum Gasteiger partial charge on any atom is -0.466 e. The smallest absolute Gasteiger partial charge is 0.305 e. The summed E-state index contributed by atoms with van der Waals surface area (Å²) in [6.07, 6.45) is 4.15. The van der Waals surface area contributed by atoms with E-state index in [1.807, 2.05) is 25.3 Å². The zero-order chi connectivity index (χ0) is 9.52. The van der Waals surface area contributed by atoms with Crippen LogP contribution in [0.25, 0.3) is 0 Å². The molecule has 1 heterocycles. The van der Waals surface area contributed by atoms with Gasteiger partial charge in [-0.3, -0.25) is 4.79 Å². The number of nitrogens with one attached hydrogen (secondary N) is 1. The summed E-state index contributed by atoms with van der Waals surface area (Å²) in [6, 6.07) is 3.98. The van der Waals surface area contributed by atoms with Gasteiger partial charge in [0.15, 0.2) is 0 Å². The average Bonchev–Trinajstić information content (AvgIpc) is 2.57. The van der Waals surface area contributed by atoms with Gasteiger partial charge >= 0.3 is 5.97 Å². The van der Waals surface area contributed by atoms with Gasteiger partial charge in [0.05, 0.1) is 6.61 Å². The molecule has 3 nitrogen and oxygen atoms in total. The molecule has 0 aliphatic carbocycles. The first-order chi connectivity index (χ1) is 6.33. The SMILES string of the molecule is CCOC(=O)CCCc1ccc[nH]1. The number of hydrogen-bond acceptors (Lipinski definition) is 2. The summed E-state index contributed by atoms with van der Waals surface area (Å²) in [4.78, 5) is 14.0. The number of aromatic nitrogens is 1. The third-order valence-electron chi connectivity index (χ3n) is 1.79. The molecule has 0 aliphatic heterocycles. The minimum atomic E-state index is -0.103. The quantitative estimate of drug-likeness (QED) is 0.705. The molecule has 1 rings (SSSR count). The van der Waals surface area contributed by atoms with Crippen molar-refractivity contribution in [1.29, 1.82) is 0 Å². The van der Waals surface area contributed by atoms with Crippen LogP contribution in [0.3, 0.4) is 0 Å². The first kappa shape index (κ1) is 9.84. The maximum atomic E-state index is 10.9. The number of carbonyl (C=O) groups is 1. The number of aromatic amines is 1. The van der Waals surface area contributed by atoms with E-state index in [4.69, 9.17) is 4.74 Å². The number of esters is 1. The van der Waals surface area contributed by atoms with Crippen LogP contribution >= 0.6 is 0 Å². The fourth-order valence-electron chi connectivity index (χ4n) is 1.18. The van der Waals surface area contributed by atoms with E-state index in [1.165, 1.54) is 5.69 Å². The lowest BCUT2D eigenvalue weighted by Gasteiger charge is -2.00. The third kappa shape index (κ3) is 3.78. The van der Waals surface area contributed by atoms with Gasteiger partial charge in [0.1, 0.15) is 0 Å². The Hall–Kier alpha value is -1.25. The summed E-state index contributed by atoms with van der Waals surface area (Å²) in [5, 5.41) is 0. The molecule has 0 aromatic carbocycles. The molecule has 0 fully saturated rings. The van der Waals surface area contributed by atoms with E-state index in [9.17, 15) is 4.79 Å². The molecule has 13 heavy (non-hydrogen) atoms. The first-order valence-electron chi connectivity index (χ1n) is 4.61. The van der Waals surface area contributed by atoms with E-state index < -0.39 is 0 Å². The summed E-state index contributed by atoms with van der Waals surface area (Å²) in [5.74, 6) is -0.103. The van der Waals surface area contributed by atoms with Crippen molar-refractivity contribution in [3.05, 3.63) is 24.0 Å². The van der Waals surface area contributed by atoms with Crippen LogP contribution in [0.5, 0.6) is 0 Å². The number of ether oxygens (including phenoxy) is 1. The second-order valence-corrected chi connectivity index (χ2v) is 2.85. The fraction of sp³-hybridized carbons (Fsp3) is 0.500. The highest BCUT2D eigenvalue weighted by Gasteiger charge is 2.01. The van der Waals surface area contributed by atoms with Crippen LogP contribution in [-0.4, -0.2) is 17.6 Å². The zero-order valence-electron chi connectivity index (χ0n) is 7.88. The second-order valence-electron chi connectivity index (χ2n) is 2.85. The van der Waals surface area contributed by atoms with Crippen LogP contribution in [0, 0.1) is 0 Å². The molecule has 0 spiro atoms. The Bertz CT molecular complexity index is 241. The van der Waals surface area contributed by atoms with Gasteiger partial charge in [0.25, 0.3) is 0 Å². The number of H-pyrrole nitrogens is 1. The van der Waals surface area contributed by atoms with Crippen molar-refractivity contribution in [2.75, 3.05) is 6.61 Å². The third-order valence-corrected chi connectivity index (χ3v) is 1.79. The van der Waals surface area contributed by atoms with Crippen LogP contribution in [0.2, 0.25) is 0 Å². The molecule has 3 heteroatoms. The number of aryl methyl sites for hydroxylation is 1. The molecule has 0 bridgehead atoms. The van der Waals surface area contributed by atoms with E-state index in [0.29, 0.717) is 13.0 Å². The van der Waals surface area contributed by atoms with E-state index in [2.05, 4.69) is 4.98 Å². The molecule has 1 aromatic heterocycles. The molecule has 1 N–H and O–H groups in total. The van der Waals surface area contributed by atoms with E-state index in [0.717, 1.165) is 12.8 Å². The van der Waals surface area contributed by atoms with Crippen LogP contribution in [-0.2, 0) is 16.0 Å². The van der Waals surface area contributed by atoms with Crippen molar-refractivity contribution in [2.24, 2.45) is 0 Å². The molecule has 1 aromatic rings. The van der Waals surface area contributed by atoms with Gasteiger partial charge in [0.2, 0.25) is 0 Å². The Morgan fingerprint density at radius 2 is 2.46 bits per heavy atom. The van der Waals surface area contributed by atoms with Crippen molar-refractivity contribution in [3.63, 3.8) is 0 Å². The lowest BCUT2D eigenvalue weighted by molar-refractivity contribution is -0.143. The zero-order valence-corrected chi connectivity index (χ0v) is 7.88. The lowest BCUT2D eigenvalue weighted by atomic mass is 10.2. The monoisotopic (exact) mass is 181 g/mol. The number of rotatable bonds is 5. The summed E-state index contributed by atoms with van der Waals surface area (Å²) in [7, 11) is 0. The highest BCUT2D eigenvalue weighted by molar-refractivity contribution is 5.69. The fourth-order valence-corrected chi connectivity index (χ4v) is 1.18. The van der Waals surface area contributed by atoms with Crippen LogP contribution in [0.15, 0.2) is 18.3 Å². The van der Waals surface area contributed by atoms with Crippen LogP contribution in [0.4, 0.5) is 0 Å². The molecular weight excluding hydrogens is 166 g/mol. The van der Waals surface area contributed by atoms with Gasteiger partial charge in [-0.15, -0.1) is 0 Å². The molecule has 0 atom stereocenters. The van der Waals surface area contributed by atoms with Crippen molar-refractivity contribution in [2.45, 2.75) is 26.2 Å². The lowest BCUT2D eigenvalue weighted by Crippen LogP contribution is -2.03. The van der Waals surface area contributed by atoms with E-state index >= 15 is 0 Å². The van der Waals surface area contributed by atoms with Crippen molar-refractivity contribution in [3.8, 4) is 0 Å². The normalized spacial score (nSPS) is 9.92. The molecule has 0 radical (unpaired) electrons. The Kier molecular flexibility index (Phi) is 4.09. The van der Waals surface area contributed by atoms with Gasteiger partial charge in [-0.25, -0.2) is 0 Å². The van der Waals surface area contributed by atoms with Crippen LogP contribution in [0.1, 0.15) is 25.5 Å². The molecule has 0 saturated carbocycles. The van der Waals surface area contributed by atoms with Gasteiger partial charge in [-0.2, -0.15) is 0 Å². The molecular formula is C10H15NO2. The molecule has 0 amide bonds. The predicted octanol–water partition coefficient (Wildman–Crippen LogP) is 1.90. The van der Waals surface area contributed by atoms with Crippen molar-refractivity contribution < 1.29 is 9.53 Å². The van der Waals surface area contributed by atoms with Gasteiger partial charge in [-0.05, 0) is 31.9 Å². The number of carbonyl (C=O) groups excluding carboxylic acids is 1. The van der Waals surface area contributed by atoms with Crippen molar-refractivity contribution in [1.82, 2.24) is 4.98 Å². The molecule has 0 unspecified atom stereocenters. The standard InChI is InChI=1S/C10H15NO2/c1-2-13-10(12)7-3-5-9-6-4-8-11-9/h4,6,8,11H,2-3,5,7H2,1H3. The highest BCUT2D eigenvalue weighted by Crippen LogP contribution is 2.02. The average molecular weight is 181 g/mol. The Labute approximate surface area is 78.1 Å². The van der Waals surface area contributed by atoms with E-state index in [-0.39, 0.29) is 5.97 Å². The molecule has 0 aliphatic rings. The molecule has 72 valence electrons. The van der Waals surface area contributed by atoms with Gasteiger partial charge in [-0.1, -0.05) is 0 Å². The largest absolute Gasteiger partial charge is 0.466 e.